The minimum atomic E-state index is -0.406. The minimum absolute atomic E-state index is 0.0609. The van der Waals surface area contributed by atoms with Crippen LogP contribution >= 0.6 is 0 Å². The molecule has 1 heterocycles. The van der Waals surface area contributed by atoms with Crippen LogP contribution in [0, 0.1) is 5.41 Å². The van der Waals surface area contributed by atoms with E-state index in [1.54, 1.807) is 0 Å². The number of aliphatic hydroxyl groups is 1. The van der Waals surface area contributed by atoms with Crippen LogP contribution in [0.3, 0.4) is 0 Å². The first-order chi connectivity index (χ1) is 14.1. The number of rotatable bonds is 5. The van der Waals surface area contributed by atoms with Crippen LogP contribution in [0.1, 0.15) is 42.7 Å². The molecule has 152 valence electrons. The number of carbonyl (C=O) groups excluding carboxylic acids is 1. The van der Waals surface area contributed by atoms with Crippen molar-refractivity contribution in [1.29, 1.82) is 0 Å². The van der Waals surface area contributed by atoms with E-state index in [4.69, 9.17) is 9.47 Å². The summed E-state index contributed by atoms with van der Waals surface area (Å²) in [4.78, 5) is 12.4. The van der Waals surface area contributed by atoms with Gasteiger partial charge in [0.25, 0.3) is 0 Å². The summed E-state index contributed by atoms with van der Waals surface area (Å²) in [6.07, 6.45) is 3.33. The molecule has 3 aliphatic rings. The summed E-state index contributed by atoms with van der Waals surface area (Å²) in [5, 5.41) is 12.6. The first kappa shape index (κ1) is 18.6. The quantitative estimate of drug-likeness (QED) is 0.810. The van der Waals surface area contributed by atoms with Crippen LogP contribution in [0.2, 0.25) is 0 Å². The van der Waals surface area contributed by atoms with E-state index in [1.807, 2.05) is 24.3 Å². The van der Waals surface area contributed by atoms with E-state index in [-0.39, 0.29) is 23.5 Å². The van der Waals surface area contributed by atoms with Gasteiger partial charge in [0, 0.05) is 17.9 Å². The van der Waals surface area contributed by atoms with Gasteiger partial charge >= 0.3 is 6.09 Å². The van der Waals surface area contributed by atoms with Crippen molar-refractivity contribution in [3.05, 3.63) is 59.7 Å². The summed E-state index contributed by atoms with van der Waals surface area (Å²) >= 11 is 0. The third kappa shape index (κ3) is 3.22. The zero-order valence-electron chi connectivity index (χ0n) is 16.5. The van der Waals surface area contributed by atoms with Crippen LogP contribution in [-0.2, 0) is 9.47 Å². The van der Waals surface area contributed by atoms with E-state index in [9.17, 15) is 9.90 Å². The number of nitrogens with one attached hydrogen (secondary N) is 1. The van der Waals surface area contributed by atoms with Crippen molar-refractivity contribution in [2.24, 2.45) is 5.41 Å². The molecule has 0 aromatic heterocycles. The van der Waals surface area contributed by atoms with Crippen molar-refractivity contribution in [1.82, 2.24) is 5.32 Å². The fourth-order valence-electron chi connectivity index (χ4n) is 5.46. The third-order valence-electron chi connectivity index (χ3n) is 6.96. The van der Waals surface area contributed by atoms with Gasteiger partial charge in [0.15, 0.2) is 0 Å². The van der Waals surface area contributed by atoms with Gasteiger partial charge in [-0.1, -0.05) is 48.5 Å². The first-order valence-electron chi connectivity index (χ1n) is 10.5. The maximum absolute atomic E-state index is 12.4. The third-order valence-corrected chi connectivity index (χ3v) is 6.96. The highest BCUT2D eigenvalue weighted by Crippen LogP contribution is 2.49. The molecule has 1 saturated carbocycles. The molecule has 2 aromatic rings. The Morgan fingerprint density at radius 1 is 1.10 bits per heavy atom. The van der Waals surface area contributed by atoms with Crippen LogP contribution in [0.15, 0.2) is 48.5 Å². The second kappa shape index (κ2) is 7.15. The van der Waals surface area contributed by atoms with Crippen LogP contribution in [0.25, 0.3) is 11.1 Å². The molecule has 29 heavy (non-hydrogen) atoms. The molecule has 2 bridgehead atoms. The normalized spacial score (nSPS) is 27.3. The average molecular weight is 393 g/mol. The molecular formula is C24H27NO4. The maximum atomic E-state index is 12.4. The van der Waals surface area contributed by atoms with Gasteiger partial charge in [-0.05, 0) is 47.9 Å². The van der Waals surface area contributed by atoms with E-state index < -0.39 is 6.09 Å². The van der Waals surface area contributed by atoms with Crippen molar-refractivity contribution in [3.63, 3.8) is 0 Å². The molecule has 2 aromatic carbocycles. The largest absolute Gasteiger partial charge is 0.449 e. The molecule has 2 fully saturated rings. The fourth-order valence-corrected chi connectivity index (χ4v) is 5.46. The van der Waals surface area contributed by atoms with Crippen molar-refractivity contribution >= 4 is 6.09 Å². The second-order valence-corrected chi connectivity index (χ2v) is 8.84. The molecule has 0 spiro atoms. The molecule has 2 atom stereocenters. The first-order valence-corrected chi connectivity index (χ1v) is 10.5. The van der Waals surface area contributed by atoms with E-state index >= 15 is 0 Å². The minimum Gasteiger partial charge on any atom is -0.449 e. The van der Waals surface area contributed by atoms with E-state index in [0.717, 1.165) is 25.7 Å². The van der Waals surface area contributed by atoms with Crippen molar-refractivity contribution in [2.75, 3.05) is 26.4 Å². The number of carbonyl (C=O) groups is 1. The van der Waals surface area contributed by atoms with Gasteiger partial charge in [-0.2, -0.15) is 0 Å². The SMILES string of the molecule is O=C(NCC12CCCC(CO)(CO1)C2)OCC1c2ccccc2-c2ccccc21. The smallest absolute Gasteiger partial charge is 0.407 e. The Balaban J connectivity index is 1.22. The van der Waals surface area contributed by atoms with Gasteiger partial charge in [-0.15, -0.1) is 0 Å². The van der Waals surface area contributed by atoms with Crippen LogP contribution < -0.4 is 5.32 Å². The number of hydrogen-bond donors (Lipinski definition) is 2. The summed E-state index contributed by atoms with van der Waals surface area (Å²) in [7, 11) is 0. The highest BCUT2D eigenvalue weighted by Gasteiger charge is 2.52. The summed E-state index contributed by atoms with van der Waals surface area (Å²) in [6.45, 7) is 1.48. The molecule has 5 nitrogen and oxygen atoms in total. The summed E-state index contributed by atoms with van der Waals surface area (Å²) in [5.74, 6) is 0.0609. The van der Waals surface area contributed by atoms with Gasteiger partial charge in [0.05, 0.1) is 18.8 Å². The van der Waals surface area contributed by atoms with Crippen molar-refractivity contribution in [3.8, 4) is 11.1 Å². The van der Waals surface area contributed by atoms with E-state index in [1.165, 1.54) is 22.3 Å². The number of aliphatic hydroxyl groups excluding tert-OH is 1. The monoisotopic (exact) mass is 393 g/mol. The molecule has 2 N–H and O–H groups in total. The molecule has 2 aliphatic carbocycles. The lowest BCUT2D eigenvalue weighted by atomic mass is 9.71. The van der Waals surface area contributed by atoms with Gasteiger partial charge in [0.2, 0.25) is 0 Å². The lowest BCUT2D eigenvalue weighted by Crippen LogP contribution is -2.45. The maximum Gasteiger partial charge on any atom is 0.407 e. The Kier molecular flexibility index (Phi) is 4.60. The number of hydrogen-bond acceptors (Lipinski definition) is 4. The Hall–Kier alpha value is -2.37. The zero-order chi connectivity index (χ0) is 19.9. The van der Waals surface area contributed by atoms with Crippen LogP contribution in [0.5, 0.6) is 0 Å². The van der Waals surface area contributed by atoms with Crippen LogP contribution in [-0.4, -0.2) is 43.2 Å². The highest BCUT2D eigenvalue weighted by atomic mass is 16.6. The predicted octanol–water partition coefficient (Wildman–Crippen LogP) is 3.85. The summed E-state index contributed by atoms with van der Waals surface area (Å²) < 4.78 is 11.7. The van der Waals surface area contributed by atoms with E-state index in [0.29, 0.717) is 19.8 Å². The number of ether oxygens (including phenoxy) is 2. The highest BCUT2D eigenvalue weighted by molar-refractivity contribution is 5.79. The Morgan fingerprint density at radius 3 is 2.48 bits per heavy atom. The Morgan fingerprint density at radius 2 is 1.79 bits per heavy atom. The lowest BCUT2D eigenvalue weighted by molar-refractivity contribution is -0.00119. The van der Waals surface area contributed by atoms with Crippen LogP contribution in [0.4, 0.5) is 4.79 Å². The molecule has 1 saturated heterocycles. The summed E-state index contributed by atoms with van der Waals surface area (Å²) in [6, 6.07) is 16.6. The molecule has 0 radical (unpaired) electrons. The zero-order valence-corrected chi connectivity index (χ0v) is 16.5. The molecule has 5 rings (SSSR count). The molecule has 2 unspecified atom stereocenters. The standard InChI is InChI=1S/C24H27NO4/c26-15-23-10-5-11-24(13-23,29-16-23)14-25-22(27)28-12-21-19-8-3-1-6-17(19)18-7-2-4-9-20(18)21/h1-4,6-9,21,26H,5,10-16H2,(H,25,27). The molecule has 5 heteroatoms. The second-order valence-electron chi connectivity index (χ2n) is 8.84. The Bertz CT molecular complexity index is 883. The summed E-state index contributed by atoms with van der Waals surface area (Å²) in [5.41, 5.74) is 4.38. The predicted molar refractivity (Wildman–Crippen MR) is 110 cm³/mol. The lowest BCUT2D eigenvalue weighted by Gasteiger charge is -2.36. The number of fused-ring (bicyclic) bond motifs is 5. The molecular weight excluding hydrogens is 366 g/mol. The van der Waals surface area contributed by atoms with Gasteiger partial charge < -0.3 is 19.9 Å². The van der Waals surface area contributed by atoms with Gasteiger partial charge in [-0.25, -0.2) is 4.79 Å². The Labute approximate surface area is 171 Å². The van der Waals surface area contributed by atoms with Crippen molar-refractivity contribution < 1.29 is 19.4 Å². The number of amides is 1. The van der Waals surface area contributed by atoms with Gasteiger partial charge in [-0.3, -0.25) is 0 Å². The number of benzene rings is 2. The fraction of sp³-hybridized carbons (Fsp3) is 0.458. The topological polar surface area (TPSA) is 67.8 Å². The van der Waals surface area contributed by atoms with Gasteiger partial charge in [0.1, 0.15) is 6.61 Å². The van der Waals surface area contributed by atoms with E-state index in [2.05, 4.69) is 29.6 Å². The molecule has 1 amide bonds. The number of alkyl carbamates (subject to hydrolysis) is 1. The van der Waals surface area contributed by atoms with Crippen molar-refractivity contribution in [2.45, 2.75) is 37.2 Å². The average Bonchev–Trinajstić information content (AvgIpc) is 3.23. The molecule has 1 aliphatic heterocycles.